The summed E-state index contributed by atoms with van der Waals surface area (Å²) in [5.74, 6) is 1.93. The molecule has 0 aliphatic carbocycles. The molecule has 2 aromatic carbocycles. The third kappa shape index (κ3) is 4.10. The largest absolute Gasteiger partial charge is 0.378 e. The predicted octanol–water partition coefficient (Wildman–Crippen LogP) is 4.64. The second kappa shape index (κ2) is 9.30. The van der Waals surface area contributed by atoms with Gasteiger partial charge in [-0.1, -0.05) is 79.3 Å². The highest BCUT2D eigenvalue weighted by Gasteiger charge is 2.24. The number of hydrogen-bond donors (Lipinski definition) is 0. The lowest BCUT2D eigenvalue weighted by Crippen LogP contribution is -2.37. The first-order valence-corrected chi connectivity index (χ1v) is 11.9. The van der Waals surface area contributed by atoms with E-state index in [1.165, 1.54) is 11.1 Å². The fourth-order valence-corrected chi connectivity index (χ4v) is 5.20. The average molecular weight is 446 g/mol. The number of imidazole rings is 1. The summed E-state index contributed by atoms with van der Waals surface area (Å²) in [6.45, 7) is 5.17. The fraction of sp³-hybridized carbons (Fsp3) is 0.320. The van der Waals surface area contributed by atoms with Gasteiger partial charge in [-0.2, -0.15) is 0 Å². The number of ether oxygens (including phenoxy) is 1. The van der Waals surface area contributed by atoms with Crippen LogP contribution in [0.25, 0.3) is 11.2 Å². The first-order valence-electron chi connectivity index (χ1n) is 11.1. The van der Waals surface area contributed by atoms with E-state index in [2.05, 4.69) is 77.1 Å². The number of nitrogens with zero attached hydrogens (tertiary/aromatic N) is 5. The molecular formula is C25H27N5OS. The van der Waals surface area contributed by atoms with Crippen LogP contribution in [0.15, 0.2) is 65.8 Å². The number of aromatic nitrogens is 4. The van der Waals surface area contributed by atoms with Crippen LogP contribution in [-0.2, 0) is 18.2 Å². The first-order chi connectivity index (χ1) is 15.7. The van der Waals surface area contributed by atoms with Crippen LogP contribution in [0, 0.1) is 0 Å². The van der Waals surface area contributed by atoms with E-state index >= 15 is 0 Å². The molecule has 0 atom stereocenters. The van der Waals surface area contributed by atoms with Crippen LogP contribution in [0.3, 0.4) is 0 Å². The smallest absolute Gasteiger partial charge is 0.192 e. The molecular weight excluding hydrogens is 418 g/mol. The van der Waals surface area contributed by atoms with Crippen LogP contribution >= 0.6 is 11.8 Å². The highest BCUT2D eigenvalue weighted by Crippen LogP contribution is 2.40. The number of fused-ring (bicyclic) bond motifs is 1. The maximum atomic E-state index is 5.58. The molecule has 0 spiro atoms. The second-order valence-corrected chi connectivity index (χ2v) is 8.93. The number of morpholine rings is 1. The normalized spacial score (nSPS) is 14.4. The number of hydrogen-bond acceptors (Lipinski definition) is 6. The summed E-state index contributed by atoms with van der Waals surface area (Å²) >= 11 is 1.69. The number of anilines is 1. The topological polar surface area (TPSA) is 56.1 Å². The van der Waals surface area contributed by atoms with Crippen molar-refractivity contribution in [2.24, 2.45) is 7.05 Å². The van der Waals surface area contributed by atoms with Gasteiger partial charge in [0.2, 0.25) is 0 Å². The Hall–Kier alpha value is -2.90. The Balaban J connectivity index is 1.61. The van der Waals surface area contributed by atoms with Gasteiger partial charge in [0.05, 0.1) is 18.5 Å². The van der Waals surface area contributed by atoms with E-state index < -0.39 is 0 Å². The summed E-state index contributed by atoms with van der Waals surface area (Å²) in [4.78, 5) is 17.2. The third-order valence-corrected chi connectivity index (χ3v) is 7.00. The summed E-state index contributed by atoms with van der Waals surface area (Å²) in [7, 11) is 2.05. The lowest BCUT2D eigenvalue weighted by atomic mass is 10.0. The highest BCUT2D eigenvalue weighted by atomic mass is 32.2. The van der Waals surface area contributed by atoms with Crippen molar-refractivity contribution in [1.82, 2.24) is 19.5 Å². The van der Waals surface area contributed by atoms with Crippen molar-refractivity contribution in [3.8, 4) is 0 Å². The van der Waals surface area contributed by atoms with Gasteiger partial charge in [0.15, 0.2) is 22.1 Å². The van der Waals surface area contributed by atoms with Crippen LogP contribution in [0.1, 0.15) is 29.1 Å². The lowest BCUT2D eigenvalue weighted by molar-refractivity contribution is 0.122. The minimum Gasteiger partial charge on any atom is -0.378 e. The van der Waals surface area contributed by atoms with Gasteiger partial charge in [-0.05, 0) is 11.1 Å². The molecule has 0 bridgehead atoms. The maximum absolute atomic E-state index is 5.58. The minimum absolute atomic E-state index is 0.103. The van der Waals surface area contributed by atoms with Gasteiger partial charge < -0.3 is 14.2 Å². The summed E-state index contributed by atoms with van der Waals surface area (Å²) in [6.07, 6.45) is 0.856. The molecule has 5 rings (SSSR count). The van der Waals surface area contributed by atoms with E-state index in [4.69, 9.17) is 19.7 Å². The summed E-state index contributed by atoms with van der Waals surface area (Å²) in [5, 5.41) is 0.869. The molecule has 0 amide bonds. The molecule has 0 radical (unpaired) electrons. The molecule has 0 saturated carbocycles. The predicted molar refractivity (Wildman–Crippen MR) is 129 cm³/mol. The van der Waals surface area contributed by atoms with Crippen LogP contribution < -0.4 is 4.90 Å². The SMILES string of the molecule is CCc1nc2c(N3CCOCC3)nc(SC(c3ccccc3)c3ccccc3)nc2n1C. The Morgan fingerprint density at radius 3 is 2.12 bits per heavy atom. The van der Waals surface area contributed by atoms with Crippen molar-refractivity contribution in [3.63, 3.8) is 0 Å². The van der Waals surface area contributed by atoms with Gasteiger partial charge in [0, 0.05) is 26.6 Å². The molecule has 7 heteroatoms. The van der Waals surface area contributed by atoms with Crippen LogP contribution in [0.5, 0.6) is 0 Å². The van der Waals surface area contributed by atoms with Crippen molar-refractivity contribution < 1.29 is 4.74 Å². The van der Waals surface area contributed by atoms with Gasteiger partial charge in [0.1, 0.15) is 5.82 Å². The summed E-state index contributed by atoms with van der Waals surface area (Å²) < 4.78 is 7.68. The lowest BCUT2D eigenvalue weighted by Gasteiger charge is -2.28. The minimum atomic E-state index is 0.103. The third-order valence-electron chi connectivity index (χ3n) is 5.83. The first kappa shape index (κ1) is 21.0. The van der Waals surface area contributed by atoms with Crippen molar-refractivity contribution in [3.05, 3.63) is 77.6 Å². The van der Waals surface area contributed by atoms with E-state index in [0.717, 1.165) is 47.5 Å². The zero-order chi connectivity index (χ0) is 21.9. The quantitative estimate of drug-likeness (QED) is 0.318. The zero-order valence-corrected chi connectivity index (χ0v) is 19.3. The van der Waals surface area contributed by atoms with Crippen molar-refractivity contribution in [1.29, 1.82) is 0 Å². The number of thioether (sulfide) groups is 1. The van der Waals surface area contributed by atoms with E-state index in [1.807, 2.05) is 7.05 Å². The molecule has 164 valence electrons. The van der Waals surface area contributed by atoms with E-state index in [1.54, 1.807) is 11.8 Å². The van der Waals surface area contributed by atoms with E-state index in [9.17, 15) is 0 Å². The van der Waals surface area contributed by atoms with Crippen LogP contribution in [0.4, 0.5) is 5.82 Å². The molecule has 1 saturated heterocycles. The second-order valence-electron chi connectivity index (χ2n) is 7.86. The van der Waals surface area contributed by atoms with E-state index in [0.29, 0.717) is 13.2 Å². The molecule has 32 heavy (non-hydrogen) atoms. The van der Waals surface area contributed by atoms with Crippen molar-refractivity contribution in [2.75, 3.05) is 31.2 Å². The Kier molecular flexibility index (Phi) is 6.10. The van der Waals surface area contributed by atoms with Crippen LogP contribution in [0.2, 0.25) is 0 Å². The monoisotopic (exact) mass is 445 g/mol. The molecule has 4 aromatic rings. The van der Waals surface area contributed by atoms with Crippen molar-refractivity contribution in [2.45, 2.75) is 23.8 Å². The Bertz CT molecular complexity index is 1150. The molecule has 0 unspecified atom stereocenters. The summed E-state index contributed by atoms with van der Waals surface area (Å²) in [6, 6.07) is 21.1. The van der Waals surface area contributed by atoms with Gasteiger partial charge in [-0.15, -0.1) is 0 Å². The maximum Gasteiger partial charge on any atom is 0.192 e. The number of aryl methyl sites for hydroxylation is 2. The Labute approximate surface area is 192 Å². The molecule has 1 aliphatic rings. The summed E-state index contributed by atoms with van der Waals surface area (Å²) in [5.41, 5.74) is 4.24. The highest BCUT2D eigenvalue weighted by molar-refractivity contribution is 7.99. The van der Waals surface area contributed by atoms with Gasteiger partial charge in [-0.25, -0.2) is 15.0 Å². The average Bonchev–Trinajstić information content (AvgIpc) is 3.19. The van der Waals surface area contributed by atoms with Gasteiger partial charge in [-0.3, -0.25) is 0 Å². The van der Waals surface area contributed by atoms with Crippen molar-refractivity contribution >= 4 is 28.7 Å². The Morgan fingerprint density at radius 2 is 1.53 bits per heavy atom. The number of benzene rings is 2. The molecule has 3 heterocycles. The zero-order valence-electron chi connectivity index (χ0n) is 18.4. The number of rotatable bonds is 6. The van der Waals surface area contributed by atoms with Gasteiger partial charge >= 0.3 is 0 Å². The Morgan fingerprint density at radius 1 is 0.906 bits per heavy atom. The molecule has 1 aliphatic heterocycles. The standard InChI is InChI=1S/C25H27N5OS/c1-3-20-26-21-23(29(20)2)27-25(28-24(21)30-14-16-31-17-15-30)32-22(18-10-6-4-7-11-18)19-12-8-5-9-13-19/h4-13,22H,3,14-17H2,1-2H3. The molecule has 2 aromatic heterocycles. The fourth-order valence-electron chi connectivity index (χ4n) is 4.13. The molecule has 1 fully saturated rings. The van der Waals surface area contributed by atoms with E-state index in [-0.39, 0.29) is 5.25 Å². The molecule has 6 nitrogen and oxygen atoms in total. The molecule has 0 N–H and O–H groups in total. The van der Waals surface area contributed by atoms with Gasteiger partial charge in [0.25, 0.3) is 0 Å². The van der Waals surface area contributed by atoms with Crippen LogP contribution in [-0.4, -0.2) is 45.8 Å².